The zero-order valence-corrected chi connectivity index (χ0v) is 11.3. The number of hydrogen-bond acceptors (Lipinski definition) is 3. The molecule has 2 N–H and O–H groups in total. The van der Waals surface area contributed by atoms with Crippen molar-refractivity contribution in [2.45, 2.75) is 13.0 Å². The second-order valence-corrected chi connectivity index (χ2v) is 4.63. The number of furan rings is 1. The Morgan fingerprint density at radius 2 is 2.06 bits per heavy atom. The first-order valence-electron chi connectivity index (χ1n) is 5.27. The normalized spacial score (nSPS) is 12.5. The highest BCUT2D eigenvalue weighted by atomic mass is 79.9. The van der Waals surface area contributed by atoms with Crippen LogP contribution in [0.1, 0.15) is 22.9 Å². The highest BCUT2D eigenvalue weighted by molar-refractivity contribution is 9.10. The van der Waals surface area contributed by atoms with Crippen LogP contribution in [-0.4, -0.2) is 7.11 Å². The molecule has 3 nitrogen and oxygen atoms in total. The number of rotatable bonds is 3. The summed E-state index contributed by atoms with van der Waals surface area (Å²) in [5.41, 5.74) is 8.19. The van der Waals surface area contributed by atoms with Crippen LogP contribution in [0.2, 0.25) is 0 Å². The minimum Gasteiger partial charge on any atom is -0.496 e. The Kier molecular flexibility index (Phi) is 3.54. The van der Waals surface area contributed by atoms with Gasteiger partial charge >= 0.3 is 0 Å². The minimum absolute atomic E-state index is 0.282. The zero-order chi connectivity index (χ0) is 12.4. The van der Waals surface area contributed by atoms with Crippen LogP contribution in [-0.2, 0) is 0 Å². The van der Waals surface area contributed by atoms with Crippen molar-refractivity contribution in [3.8, 4) is 5.75 Å². The fraction of sp³-hybridized carbons (Fsp3) is 0.231. The first-order chi connectivity index (χ1) is 8.11. The first kappa shape index (κ1) is 12.2. The van der Waals surface area contributed by atoms with Crippen LogP contribution in [0.25, 0.3) is 0 Å². The molecule has 1 atom stereocenters. The molecule has 0 aliphatic heterocycles. The van der Waals surface area contributed by atoms with Crippen molar-refractivity contribution >= 4 is 15.9 Å². The molecule has 1 aromatic heterocycles. The van der Waals surface area contributed by atoms with Gasteiger partial charge in [-0.15, -0.1) is 0 Å². The molecule has 0 saturated carbocycles. The van der Waals surface area contributed by atoms with E-state index in [1.165, 1.54) is 0 Å². The van der Waals surface area contributed by atoms with Crippen molar-refractivity contribution in [1.29, 1.82) is 0 Å². The Morgan fingerprint density at radius 3 is 2.65 bits per heavy atom. The van der Waals surface area contributed by atoms with Crippen molar-refractivity contribution in [2.75, 3.05) is 7.11 Å². The lowest BCUT2D eigenvalue weighted by atomic mass is 10.0. The molecule has 17 heavy (non-hydrogen) atoms. The zero-order valence-electron chi connectivity index (χ0n) is 9.74. The molecule has 0 saturated heterocycles. The maximum Gasteiger partial charge on any atom is 0.169 e. The second-order valence-electron chi connectivity index (χ2n) is 3.85. The summed E-state index contributed by atoms with van der Waals surface area (Å²) in [7, 11) is 1.65. The van der Waals surface area contributed by atoms with Gasteiger partial charge in [0.25, 0.3) is 0 Å². The van der Waals surface area contributed by atoms with Gasteiger partial charge < -0.3 is 14.9 Å². The van der Waals surface area contributed by atoms with Gasteiger partial charge in [0.15, 0.2) is 4.67 Å². The van der Waals surface area contributed by atoms with E-state index in [2.05, 4.69) is 15.9 Å². The molecule has 0 fully saturated rings. The average Bonchev–Trinajstić information content (AvgIpc) is 2.75. The third-order valence-electron chi connectivity index (χ3n) is 2.69. The Hall–Kier alpha value is -1.26. The lowest BCUT2D eigenvalue weighted by molar-refractivity contribution is 0.410. The molecule has 0 amide bonds. The molecule has 2 rings (SSSR count). The van der Waals surface area contributed by atoms with Crippen molar-refractivity contribution < 1.29 is 9.15 Å². The molecule has 0 spiro atoms. The number of aryl methyl sites for hydroxylation is 1. The third-order valence-corrected chi connectivity index (χ3v) is 3.12. The van der Waals surface area contributed by atoms with E-state index in [1.54, 1.807) is 7.11 Å². The lowest BCUT2D eigenvalue weighted by Crippen LogP contribution is -2.11. The molecule has 2 aromatic rings. The summed E-state index contributed by atoms with van der Waals surface area (Å²) in [5.74, 6) is 1.56. The monoisotopic (exact) mass is 295 g/mol. The van der Waals surface area contributed by atoms with Crippen molar-refractivity contribution in [2.24, 2.45) is 5.73 Å². The van der Waals surface area contributed by atoms with Gasteiger partial charge in [-0.05, 0) is 52.2 Å². The number of methoxy groups -OCH3 is 1. The lowest BCUT2D eigenvalue weighted by Gasteiger charge is -2.12. The predicted octanol–water partition coefficient (Wildman–Crippen LogP) is 3.41. The van der Waals surface area contributed by atoms with Crippen LogP contribution in [0.4, 0.5) is 0 Å². The SMILES string of the molecule is COc1cc(C(N)c2ccc(Br)o2)ccc1C. The summed E-state index contributed by atoms with van der Waals surface area (Å²) in [6.07, 6.45) is 0. The van der Waals surface area contributed by atoms with E-state index in [4.69, 9.17) is 14.9 Å². The number of hydrogen-bond donors (Lipinski definition) is 1. The van der Waals surface area contributed by atoms with Crippen molar-refractivity contribution in [3.05, 3.63) is 51.9 Å². The van der Waals surface area contributed by atoms with Gasteiger partial charge in [-0.2, -0.15) is 0 Å². The quantitative estimate of drug-likeness (QED) is 0.944. The summed E-state index contributed by atoms with van der Waals surface area (Å²) in [5, 5.41) is 0. The van der Waals surface area contributed by atoms with Gasteiger partial charge in [0.1, 0.15) is 11.5 Å². The molecule has 4 heteroatoms. The average molecular weight is 296 g/mol. The number of halogens is 1. The number of ether oxygens (including phenoxy) is 1. The van der Waals surface area contributed by atoms with Gasteiger partial charge in [-0.25, -0.2) is 0 Å². The Balaban J connectivity index is 2.34. The molecule has 1 aromatic carbocycles. The standard InChI is InChI=1S/C13H14BrNO2/c1-8-3-4-9(7-11(8)16-2)13(15)10-5-6-12(14)17-10/h3-7,13H,15H2,1-2H3. The highest BCUT2D eigenvalue weighted by Gasteiger charge is 2.14. The minimum atomic E-state index is -0.282. The predicted molar refractivity (Wildman–Crippen MR) is 70.2 cm³/mol. The van der Waals surface area contributed by atoms with E-state index in [0.29, 0.717) is 4.67 Å². The summed E-state index contributed by atoms with van der Waals surface area (Å²) in [6, 6.07) is 9.33. The summed E-state index contributed by atoms with van der Waals surface area (Å²) in [6.45, 7) is 2.00. The fourth-order valence-corrected chi connectivity index (χ4v) is 2.01. The van der Waals surface area contributed by atoms with Crippen LogP contribution in [0.3, 0.4) is 0 Å². The third kappa shape index (κ3) is 2.53. The van der Waals surface area contributed by atoms with E-state index in [9.17, 15) is 0 Å². The number of benzene rings is 1. The van der Waals surface area contributed by atoms with E-state index >= 15 is 0 Å². The van der Waals surface area contributed by atoms with E-state index in [1.807, 2.05) is 37.3 Å². The van der Waals surface area contributed by atoms with Gasteiger partial charge in [0.05, 0.1) is 13.2 Å². The largest absolute Gasteiger partial charge is 0.496 e. The van der Waals surface area contributed by atoms with Crippen molar-refractivity contribution in [1.82, 2.24) is 0 Å². The van der Waals surface area contributed by atoms with Gasteiger partial charge in [-0.1, -0.05) is 12.1 Å². The Bertz CT molecular complexity index is 522. The Morgan fingerprint density at radius 1 is 1.29 bits per heavy atom. The second kappa shape index (κ2) is 4.94. The molecule has 0 aliphatic carbocycles. The molecule has 1 unspecified atom stereocenters. The Labute approximate surface area is 109 Å². The van der Waals surface area contributed by atoms with Crippen LogP contribution >= 0.6 is 15.9 Å². The van der Waals surface area contributed by atoms with Crippen LogP contribution in [0.15, 0.2) is 39.4 Å². The molecular formula is C13H14BrNO2. The first-order valence-corrected chi connectivity index (χ1v) is 6.06. The summed E-state index contributed by atoms with van der Waals surface area (Å²) >= 11 is 3.27. The van der Waals surface area contributed by atoms with Gasteiger partial charge in [0, 0.05) is 0 Å². The van der Waals surface area contributed by atoms with Crippen molar-refractivity contribution in [3.63, 3.8) is 0 Å². The molecule has 0 radical (unpaired) electrons. The molecule has 90 valence electrons. The topological polar surface area (TPSA) is 48.4 Å². The van der Waals surface area contributed by atoms with Crippen LogP contribution in [0.5, 0.6) is 5.75 Å². The fourth-order valence-electron chi connectivity index (χ4n) is 1.69. The maximum absolute atomic E-state index is 6.13. The van der Waals surface area contributed by atoms with E-state index < -0.39 is 0 Å². The van der Waals surface area contributed by atoms with E-state index in [-0.39, 0.29) is 6.04 Å². The van der Waals surface area contributed by atoms with Crippen LogP contribution in [0, 0.1) is 6.92 Å². The smallest absolute Gasteiger partial charge is 0.169 e. The molecule has 1 heterocycles. The van der Waals surface area contributed by atoms with Crippen LogP contribution < -0.4 is 10.5 Å². The van der Waals surface area contributed by atoms with Gasteiger partial charge in [0.2, 0.25) is 0 Å². The summed E-state index contributed by atoms with van der Waals surface area (Å²) in [4.78, 5) is 0. The molecule has 0 aliphatic rings. The summed E-state index contributed by atoms with van der Waals surface area (Å²) < 4.78 is 11.4. The molecule has 0 bridgehead atoms. The van der Waals surface area contributed by atoms with Gasteiger partial charge in [-0.3, -0.25) is 0 Å². The van der Waals surface area contributed by atoms with E-state index in [0.717, 1.165) is 22.6 Å². The number of nitrogens with two attached hydrogens (primary N) is 1. The molecular weight excluding hydrogens is 282 g/mol. The maximum atomic E-state index is 6.13. The highest BCUT2D eigenvalue weighted by Crippen LogP contribution is 2.27.